The van der Waals surface area contributed by atoms with Gasteiger partial charge in [0.25, 0.3) is 0 Å². The van der Waals surface area contributed by atoms with E-state index in [0.717, 1.165) is 24.3 Å². The summed E-state index contributed by atoms with van der Waals surface area (Å²) in [6.07, 6.45) is 2.47. The molecular weight excluding hydrogens is 236 g/mol. The third kappa shape index (κ3) is 6.71. The third-order valence-corrected chi connectivity index (χ3v) is 2.77. The van der Waals surface area contributed by atoms with Crippen molar-refractivity contribution in [3.63, 3.8) is 0 Å². The second-order valence-electron chi connectivity index (χ2n) is 5.31. The van der Waals surface area contributed by atoms with E-state index in [9.17, 15) is 0 Å². The van der Waals surface area contributed by atoms with Gasteiger partial charge < -0.3 is 10.1 Å². The molecule has 0 fully saturated rings. The van der Waals surface area contributed by atoms with Crippen molar-refractivity contribution in [2.45, 2.75) is 46.1 Å². The van der Waals surface area contributed by atoms with Crippen LogP contribution in [0, 0.1) is 17.2 Å². The fraction of sp³-hybridized carbons (Fsp3) is 0.562. The van der Waals surface area contributed by atoms with E-state index < -0.39 is 0 Å². The van der Waals surface area contributed by atoms with Crippen LogP contribution in [0.5, 0.6) is 5.75 Å². The van der Waals surface area contributed by atoms with Gasteiger partial charge in [-0.25, -0.2) is 0 Å². The van der Waals surface area contributed by atoms with Crippen molar-refractivity contribution in [3.8, 4) is 11.8 Å². The summed E-state index contributed by atoms with van der Waals surface area (Å²) in [5, 5.41) is 11.9. The molecule has 0 saturated heterocycles. The number of nitrogens with one attached hydrogen (secondary N) is 1. The van der Waals surface area contributed by atoms with E-state index in [1.165, 1.54) is 0 Å². The second kappa shape index (κ2) is 8.42. The first-order valence-corrected chi connectivity index (χ1v) is 6.98. The minimum Gasteiger partial charge on any atom is -0.493 e. The number of hydrogen-bond donors (Lipinski definition) is 1. The lowest BCUT2D eigenvalue weighted by Crippen LogP contribution is -2.17. The van der Waals surface area contributed by atoms with Crippen LogP contribution in [0.25, 0.3) is 0 Å². The molecule has 3 heteroatoms. The zero-order valence-corrected chi connectivity index (χ0v) is 12.1. The lowest BCUT2D eigenvalue weighted by molar-refractivity contribution is 0.313. The molecule has 1 atom stereocenters. The molecule has 19 heavy (non-hydrogen) atoms. The van der Waals surface area contributed by atoms with Crippen molar-refractivity contribution >= 4 is 5.69 Å². The predicted octanol–water partition coefficient (Wildman–Crippen LogP) is 4.22. The third-order valence-electron chi connectivity index (χ3n) is 2.77. The first kappa shape index (κ1) is 15.4. The summed E-state index contributed by atoms with van der Waals surface area (Å²) in [5.41, 5.74) is 1.09. The highest BCUT2D eigenvalue weighted by Crippen LogP contribution is 2.19. The summed E-state index contributed by atoms with van der Waals surface area (Å²) in [4.78, 5) is 0. The van der Waals surface area contributed by atoms with Gasteiger partial charge in [0.1, 0.15) is 5.75 Å². The molecule has 1 N–H and O–H groups in total. The fourth-order valence-corrected chi connectivity index (χ4v) is 2.07. The Labute approximate surface area is 116 Å². The van der Waals surface area contributed by atoms with Crippen LogP contribution in [0.3, 0.4) is 0 Å². The molecule has 0 aliphatic carbocycles. The Morgan fingerprint density at radius 3 is 2.79 bits per heavy atom. The quantitative estimate of drug-likeness (QED) is 0.712. The Morgan fingerprint density at radius 2 is 2.11 bits per heavy atom. The maximum absolute atomic E-state index is 8.46. The van der Waals surface area contributed by atoms with Crippen molar-refractivity contribution in [3.05, 3.63) is 24.3 Å². The van der Waals surface area contributed by atoms with Gasteiger partial charge in [-0.05, 0) is 37.8 Å². The standard InChI is InChI=1S/C16H24N2O/c1-13(2)11-14(3)18-15-7-6-8-16(12-15)19-10-5-4-9-17/h6-8,12-14,18H,4-5,10-11H2,1-3H3. The van der Waals surface area contributed by atoms with Crippen LogP contribution >= 0.6 is 0 Å². The van der Waals surface area contributed by atoms with Gasteiger partial charge in [0.15, 0.2) is 0 Å². The normalized spacial score (nSPS) is 11.9. The van der Waals surface area contributed by atoms with Crippen LogP contribution in [0.4, 0.5) is 5.69 Å². The predicted molar refractivity (Wildman–Crippen MR) is 79.3 cm³/mol. The van der Waals surface area contributed by atoms with Gasteiger partial charge in [-0.15, -0.1) is 0 Å². The number of rotatable bonds is 8. The van der Waals surface area contributed by atoms with Gasteiger partial charge >= 0.3 is 0 Å². The molecule has 1 aromatic carbocycles. The summed E-state index contributed by atoms with van der Waals surface area (Å²) < 4.78 is 5.62. The van der Waals surface area contributed by atoms with E-state index in [-0.39, 0.29) is 0 Å². The average Bonchev–Trinajstić information content (AvgIpc) is 2.34. The van der Waals surface area contributed by atoms with Crippen LogP contribution in [0.1, 0.15) is 40.0 Å². The molecule has 3 nitrogen and oxygen atoms in total. The van der Waals surface area contributed by atoms with Crippen molar-refractivity contribution in [1.29, 1.82) is 5.26 Å². The number of nitrogens with zero attached hydrogens (tertiary/aromatic N) is 1. The van der Waals surface area contributed by atoms with E-state index in [1.54, 1.807) is 0 Å². The monoisotopic (exact) mass is 260 g/mol. The number of anilines is 1. The van der Waals surface area contributed by atoms with E-state index in [0.29, 0.717) is 25.0 Å². The van der Waals surface area contributed by atoms with Crippen molar-refractivity contribution in [2.75, 3.05) is 11.9 Å². The SMILES string of the molecule is CC(C)CC(C)Nc1cccc(OCCCC#N)c1. The average molecular weight is 260 g/mol. The number of benzene rings is 1. The minimum absolute atomic E-state index is 0.453. The molecule has 0 spiro atoms. The van der Waals surface area contributed by atoms with Crippen LogP contribution in [0.2, 0.25) is 0 Å². The van der Waals surface area contributed by atoms with Crippen LogP contribution < -0.4 is 10.1 Å². The first-order chi connectivity index (χ1) is 9.11. The highest BCUT2D eigenvalue weighted by molar-refractivity contribution is 5.48. The zero-order chi connectivity index (χ0) is 14.1. The van der Waals surface area contributed by atoms with Crippen molar-refractivity contribution in [2.24, 2.45) is 5.92 Å². The molecule has 1 aromatic rings. The highest BCUT2D eigenvalue weighted by atomic mass is 16.5. The summed E-state index contributed by atoms with van der Waals surface area (Å²) in [6.45, 7) is 7.25. The summed E-state index contributed by atoms with van der Waals surface area (Å²) in [5.74, 6) is 1.55. The summed E-state index contributed by atoms with van der Waals surface area (Å²) in [7, 11) is 0. The van der Waals surface area contributed by atoms with Crippen LogP contribution in [0.15, 0.2) is 24.3 Å². The molecule has 0 radical (unpaired) electrons. The Kier molecular flexibility index (Phi) is 6.81. The topological polar surface area (TPSA) is 45.0 Å². The number of hydrogen-bond acceptors (Lipinski definition) is 3. The van der Waals surface area contributed by atoms with E-state index in [2.05, 4.69) is 38.2 Å². The molecule has 0 saturated carbocycles. The Hall–Kier alpha value is -1.69. The lowest BCUT2D eigenvalue weighted by atomic mass is 10.1. The number of unbranched alkanes of at least 4 members (excludes halogenated alkanes) is 1. The maximum atomic E-state index is 8.46. The number of ether oxygens (including phenoxy) is 1. The van der Waals surface area contributed by atoms with E-state index in [1.807, 2.05) is 18.2 Å². The van der Waals surface area contributed by atoms with Gasteiger partial charge in [-0.1, -0.05) is 19.9 Å². The molecule has 0 aliphatic heterocycles. The van der Waals surface area contributed by atoms with Gasteiger partial charge in [0.05, 0.1) is 12.7 Å². The molecule has 0 heterocycles. The van der Waals surface area contributed by atoms with Gasteiger partial charge in [0.2, 0.25) is 0 Å². The van der Waals surface area contributed by atoms with E-state index >= 15 is 0 Å². The number of nitriles is 1. The molecule has 1 unspecified atom stereocenters. The molecule has 104 valence electrons. The molecule has 1 rings (SSSR count). The molecule has 0 bridgehead atoms. The maximum Gasteiger partial charge on any atom is 0.121 e. The highest BCUT2D eigenvalue weighted by Gasteiger charge is 2.05. The molecular formula is C16H24N2O. The summed E-state index contributed by atoms with van der Waals surface area (Å²) >= 11 is 0. The largest absolute Gasteiger partial charge is 0.493 e. The van der Waals surface area contributed by atoms with Gasteiger partial charge in [0, 0.05) is 24.2 Å². The second-order valence-corrected chi connectivity index (χ2v) is 5.31. The van der Waals surface area contributed by atoms with Crippen molar-refractivity contribution in [1.82, 2.24) is 0 Å². The Balaban J connectivity index is 2.45. The summed E-state index contributed by atoms with van der Waals surface area (Å²) in [6, 6.07) is 10.6. The van der Waals surface area contributed by atoms with Crippen LogP contribution in [-0.2, 0) is 0 Å². The zero-order valence-electron chi connectivity index (χ0n) is 12.1. The Bertz CT molecular complexity index is 409. The molecule has 0 aliphatic rings. The van der Waals surface area contributed by atoms with Gasteiger partial charge in [-0.2, -0.15) is 5.26 Å². The van der Waals surface area contributed by atoms with Crippen molar-refractivity contribution < 1.29 is 4.74 Å². The smallest absolute Gasteiger partial charge is 0.121 e. The first-order valence-electron chi connectivity index (χ1n) is 6.98. The molecule has 0 aromatic heterocycles. The molecule has 0 amide bonds. The van der Waals surface area contributed by atoms with Crippen LogP contribution in [-0.4, -0.2) is 12.6 Å². The van der Waals surface area contributed by atoms with E-state index in [4.69, 9.17) is 10.00 Å². The fourth-order valence-electron chi connectivity index (χ4n) is 2.07. The minimum atomic E-state index is 0.453. The Morgan fingerprint density at radius 1 is 1.32 bits per heavy atom. The van der Waals surface area contributed by atoms with Gasteiger partial charge in [-0.3, -0.25) is 0 Å². The lowest BCUT2D eigenvalue weighted by Gasteiger charge is -2.17.